The molecular weight excluding hydrogens is 434 g/mol. The van der Waals surface area contributed by atoms with Crippen LogP contribution in [0.2, 0.25) is 0 Å². The summed E-state index contributed by atoms with van der Waals surface area (Å²) in [4.78, 5) is 17.2. The van der Waals surface area contributed by atoms with Crippen molar-refractivity contribution in [1.29, 1.82) is 0 Å². The Bertz CT molecular complexity index is 1300. The normalized spacial score (nSPS) is 10.7. The summed E-state index contributed by atoms with van der Waals surface area (Å²) in [5, 5.41) is 5.96. The molecule has 6 nitrogen and oxygen atoms in total. The first kappa shape index (κ1) is 22.5. The third-order valence-electron chi connectivity index (χ3n) is 5.00. The van der Waals surface area contributed by atoms with E-state index in [1.54, 1.807) is 18.2 Å². The molecule has 7 heteroatoms. The number of oxazole rings is 1. The number of aromatic nitrogens is 1. The van der Waals surface area contributed by atoms with E-state index in [4.69, 9.17) is 21.4 Å². The van der Waals surface area contributed by atoms with Crippen LogP contribution in [0.1, 0.15) is 35.7 Å². The molecule has 0 spiro atoms. The first-order valence-corrected chi connectivity index (χ1v) is 11.3. The van der Waals surface area contributed by atoms with Crippen LogP contribution in [0.4, 0.5) is 5.69 Å². The largest absolute Gasteiger partial charge is 0.494 e. The summed E-state index contributed by atoms with van der Waals surface area (Å²) in [6.07, 6.45) is 2.01. The van der Waals surface area contributed by atoms with Crippen LogP contribution in [-0.2, 0) is 0 Å². The minimum Gasteiger partial charge on any atom is -0.494 e. The number of aryl methyl sites for hydroxylation is 1. The standard InChI is InChI=1S/C26H25N3O3S/c1-3-4-13-31-21-10-6-7-18(16-21)24(30)29-26(33)27-20-9-5-8-19(15-20)25-28-22-14-17(2)11-12-23(22)32-25/h5-12,14-16H,3-4,13H2,1-2H3,(H2,27,29,30,33). The smallest absolute Gasteiger partial charge is 0.257 e. The first-order valence-electron chi connectivity index (χ1n) is 10.8. The number of benzene rings is 3. The molecule has 0 fully saturated rings. The molecule has 4 aromatic rings. The maximum Gasteiger partial charge on any atom is 0.257 e. The molecule has 4 rings (SSSR count). The van der Waals surface area contributed by atoms with E-state index < -0.39 is 0 Å². The number of nitrogens with one attached hydrogen (secondary N) is 2. The summed E-state index contributed by atoms with van der Waals surface area (Å²) in [5.74, 6) is 0.879. The van der Waals surface area contributed by atoms with Crippen molar-refractivity contribution in [1.82, 2.24) is 10.3 Å². The van der Waals surface area contributed by atoms with Gasteiger partial charge in [0.15, 0.2) is 10.7 Å². The fourth-order valence-electron chi connectivity index (χ4n) is 3.29. The van der Waals surface area contributed by atoms with E-state index in [1.807, 2.05) is 55.5 Å². The molecule has 0 bridgehead atoms. The number of thiocarbonyl (C=S) groups is 1. The van der Waals surface area contributed by atoms with Crippen LogP contribution in [0.3, 0.4) is 0 Å². The predicted molar refractivity (Wildman–Crippen MR) is 135 cm³/mol. The third-order valence-corrected chi connectivity index (χ3v) is 5.20. The molecule has 1 heterocycles. The highest BCUT2D eigenvalue weighted by atomic mass is 32.1. The molecular formula is C26H25N3O3S. The lowest BCUT2D eigenvalue weighted by atomic mass is 10.2. The zero-order chi connectivity index (χ0) is 23.2. The number of ether oxygens (including phenoxy) is 1. The van der Waals surface area contributed by atoms with Crippen molar-refractivity contribution in [2.24, 2.45) is 0 Å². The van der Waals surface area contributed by atoms with Gasteiger partial charge in [0, 0.05) is 16.8 Å². The Labute approximate surface area is 198 Å². The van der Waals surface area contributed by atoms with E-state index in [-0.39, 0.29) is 11.0 Å². The number of hydrogen-bond donors (Lipinski definition) is 2. The van der Waals surface area contributed by atoms with Gasteiger partial charge in [0.05, 0.1) is 6.61 Å². The Morgan fingerprint density at radius 2 is 1.94 bits per heavy atom. The van der Waals surface area contributed by atoms with Gasteiger partial charge in [0.25, 0.3) is 5.91 Å². The van der Waals surface area contributed by atoms with Crippen LogP contribution in [0.25, 0.3) is 22.6 Å². The lowest BCUT2D eigenvalue weighted by Gasteiger charge is -2.11. The van der Waals surface area contributed by atoms with Gasteiger partial charge >= 0.3 is 0 Å². The fraction of sp³-hybridized carbons (Fsp3) is 0.192. The van der Waals surface area contributed by atoms with Gasteiger partial charge in [-0.2, -0.15) is 0 Å². The van der Waals surface area contributed by atoms with E-state index in [1.165, 1.54) is 0 Å². The number of nitrogens with zero attached hydrogens (tertiary/aromatic N) is 1. The molecule has 0 saturated heterocycles. The van der Waals surface area contributed by atoms with Gasteiger partial charge in [-0.25, -0.2) is 4.98 Å². The molecule has 33 heavy (non-hydrogen) atoms. The zero-order valence-electron chi connectivity index (χ0n) is 18.6. The number of hydrogen-bond acceptors (Lipinski definition) is 5. The number of fused-ring (bicyclic) bond motifs is 1. The summed E-state index contributed by atoms with van der Waals surface area (Å²) in [5.41, 5.74) is 4.66. The number of unbranched alkanes of at least 4 members (excludes halogenated alkanes) is 1. The second kappa shape index (κ2) is 10.3. The Morgan fingerprint density at radius 1 is 1.09 bits per heavy atom. The van der Waals surface area contributed by atoms with Gasteiger partial charge in [-0.1, -0.05) is 31.5 Å². The van der Waals surface area contributed by atoms with Crippen molar-refractivity contribution >= 4 is 40.0 Å². The SMILES string of the molecule is CCCCOc1cccc(C(=O)NC(=S)Nc2cccc(-c3nc4cc(C)ccc4o3)c2)c1. The highest BCUT2D eigenvalue weighted by Gasteiger charge is 2.12. The van der Waals surface area contributed by atoms with Gasteiger partial charge in [-0.15, -0.1) is 0 Å². The summed E-state index contributed by atoms with van der Waals surface area (Å²) in [6, 6.07) is 20.5. The highest BCUT2D eigenvalue weighted by Crippen LogP contribution is 2.26. The van der Waals surface area contributed by atoms with E-state index in [9.17, 15) is 4.79 Å². The molecule has 0 unspecified atom stereocenters. The molecule has 2 N–H and O–H groups in total. The minimum atomic E-state index is -0.307. The maximum absolute atomic E-state index is 12.6. The van der Waals surface area contributed by atoms with Crippen molar-refractivity contribution < 1.29 is 13.9 Å². The molecule has 3 aromatic carbocycles. The Balaban J connectivity index is 1.41. The lowest BCUT2D eigenvalue weighted by Crippen LogP contribution is -2.34. The average molecular weight is 460 g/mol. The van der Waals surface area contributed by atoms with E-state index in [2.05, 4.69) is 22.5 Å². The lowest BCUT2D eigenvalue weighted by molar-refractivity contribution is 0.0977. The highest BCUT2D eigenvalue weighted by molar-refractivity contribution is 7.80. The molecule has 0 aliphatic rings. The number of carbonyl (C=O) groups excluding carboxylic acids is 1. The fourth-order valence-corrected chi connectivity index (χ4v) is 3.50. The van der Waals surface area contributed by atoms with Gasteiger partial charge in [-0.3, -0.25) is 10.1 Å². The molecule has 0 aliphatic heterocycles. The molecule has 1 amide bonds. The van der Waals surface area contributed by atoms with Crippen molar-refractivity contribution in [3.63, 3.8) is 0 Å². The first-order chi connectivity index (χ1) is 16.0. The molecule has 1 aromatic heterocycles. The summed E-state index contributed by atoms with van der Waals surface area (Å²) < 4.78 is 11.6. The second-order valence-electron chi connectivity index (χ2n) is 7.71. The molecule has 0 radical (unpaired) electrons. The summed E-state index contributed by atoms with van der Waals surface area (Å²) >= 11 is 5.34. The minimum absolute atomic E-state index is 0.197. The van der Waals surface area contributed by atoms with Gasteiger partial charge in [0.1, 0.15) is 11.3 Å². The molecule has 0 atom stereocenters. The topological polar surface area (TPSA) is 76.4 Å². The quantitative estimate of drug-likeness (QED) is 0.257. The van der Waals surface area contributed by atoms with Crippen molar-refractivity contribution in [3.05, 3.63) is 77.9 Å². The monoisotopic (exact) mass is 459 g/mol. The number of rotatable bonds is 7. The number of amides is 1. The van der Waals surface area contributed by atoms with Crippen molar-refractivity contribution in [2.45, 2.75) is 26.7 Å². The summed E-state index contributed by atoms with van der Waals surface area (Å²) in [6.45, 7) is 4.74. The Morgan fingerprint density at radius 3 is 2.79 bits per heavy atom. The predicted octanol–water partition coefficient (Wildman–Crippen LogP) is 6.11. The molecule has 0 saturated carbocycles. The van der Waals surface area contributed by atoms with Gasteiger partial charge in [-0.05, 0) is 79.7 Å². The number of carbonyl (C=O) groups is 1. The van der Waals surface area contributed by atoms with Crippen LogP contribution in [0.5, 0.6) is 5.75 Å². The zero-order valence-corrected chi connectivity index (χ0v) is 19.4. The van der Waals surface area contributed by atoms with Gasteiger partial charge in [0.2, 0.25) is 5.89 Å². The van der Waals surface area contributed by atoms with E-state index in [0.29, 0.717) is 29.5 Å². The van der Waals surface area contributed by atoms with Crippen LogP contribution in [0, 0.1) is 6.92 Å². The number of anilines is 1. The third kappa shape index (κ3) is 5.75. The Hall–Kier alpha value is -3.71. The molecule has 168 valence electrons. The van der Waals surface area contributed by atoms with Crippen molar-refractivity contribution in [3.8, 4) is 17.2 Å². The summed E-state index contributed by atoms with van der Waals surface area (Å²) in [7, 11) is 0. The second-order valence-corrected chi connectivity index (χ2v) is 8.12. The van der Waals surface area contributed by atoms with Gasteiger partial charge < -0.3 is 14.5 Å². The van der Waals surface area contributed by atoms with Crippen LogP contribution in [0.15, 0.2) is 71.1 Å². The molecule has 0 aliphatic carbocycles. The average Bonchev–Trinajstić information content (AvgIpc) is 3.23. The van der Waals surface area contributed by atoms with Crippen LogP contribution < -0.4 is 15.4 Å². The van der Waals surface area contributed by atoms with Crippen LogP contribution in [-0.4, -0.2) is 22.6 Å². The maximum atomic E-state index is 12.6. The van der Waals surface area contributed by atoms with E-state index >= 15 is 0 Å². The van der Waals surface area contributed by atoms with Crippen molar-refractivity contribution in [2.75, 3.05) is 11.9 Å². The Kier molecular flexibility index (Phi) is 7.00. The van der Waals surface area contributed by atoms with E-state index in [0.717, 1.165) is 35.1 Å². The van der Waals surface area contributed by atoms with Crippen LogP contribution >= 0.6 is 12.2 Å².